The van der Waals surface area contributed by atoms with Crippen LogP contribution in [-0.4, -0.2) is 30.8 Å². The maximum absolute atomic E-state index is 13.2. The van der Waals surface area contributed by atoms with Crippen LogP contribution in [0.2, 0.25) is 0 Å². The summed E-state index contributed by atoms with van der Waals surface area (Å²) in [5, 5.41) is 11.7. The summed E-state index contributed by atoms with van der Waals surface area (Å²) in [4.78, 5) is 31.6. The van der Waals surface area contributed by atoms with Crippen molar-refractivity contribution in [1.29, 1.82) is 0 Å². The van der Waals surface area contributed by atoms with E-state index in [1.165, 1.54) is 0 Å². The van der Waals surface area contributed by atoms with Gasteiger partial charge in [-0.3, -0.25) is 14.3 Å². The lowest BCUT2D eigenvalue weighted by molar-refractivity contribution is 0.102. The molecule has 0 aliphatic heterocycles. The lowest BCUT2D eigenvalue weighted by Crippen LogP contribution is -2.14. The molecule has 3 aromatic heterocycles. The lowest BCUT2D eigenvalue weighted by atomic mass is 10.0. The third kappa shape index (κ3) is 3.61. The Morgan fingerprint density at radius 3 is 2.67 bits per heavy atom. The van der Waals surface area contributed by atoms with Gasteiger partial charge in [0.15, 0.2) is 11.5 Å². The second-order valence-electron chi connectivity index (χ2n) is 7.65. The summed E-state index contributed by atoms with van der Waals surface area (Å²) in [5.41, 5.74) is 3.21. The highest BCUT2D eigenvalue weighted by molar-refractivity contribution is 6.12. The number of carbonyl (C=O) groups is 1. The zero-order chi connectivity index (χ0) is 21.4. The van der Waals surface area contributed by atoms with Crippen molar-refractivity contribution in [2.75, 3.05) is 5.32 Å². The van der Waals surface area contributed by atoms with Gasteiger partial charge in [-0.05, 0) is 38.0 Å². The monoisotopic (exact) mass is 406 g/mol. The molecular formula is C21H22N6O3. The van der Waals surface area contributed by atoms with E-state index in [0.29, 0.717) is 33.7 Å². The minimum atomic E-state index is -0.637. The van der Waals surface area contributed by atoms with Crippen LogP contribution in [0.15, 0.2) is 45.8 Å². The normalized spacial score (nSPS) is 11.5. The van der Waals surface area contributed by atoms with Gasteiger partial charge in [0.05, 0.1) is 17.1 Å². The molecule has 2 N–H and O–H groups in total. The van der Waals surface area contributed by atoms with Gasteiger partial charge in [0.2, 0.25) is 0 Å². The molecule has 9 nitrogen and oxygen atoms in total. The first-order valence-corrected chi connectivity index (χ1v) is 9.69. The predicted molar refractivity (Wildman–Crippen MR) is 113 cm³/mol. The van der Waals surface area contributed by atoms with Gasteiger partial charge in [-0.2, -0.15) is 5.10 Å². The van der Waals surface area contributed by atoms with E-state index in [4.69, 9.17) is 4.98 Å². The van der Waals surface area contributed by atoms with Crippen molar-refractivity contribution in [2.45, 2.75) is 39.7 Å². The first-order chi connectivity index (χ1) is 14.3. The number of fused-ring (bicyclic) bond motifs is 1. The van der Waals surface area contributed by atoms with Gasteiger partial charge in [-0.25, -0.2) is 14.5 Å². The molecule has 1 aromatic carbocycles. The first-order valence-electron chi connectivity index (χ1n) is 9.69. The number of benzene rings is 1. The van der Waals surface area contributed by atoms with Crippen LogP contribution in [0.1, 0.15) is 55.7 Å². The standard InChI is InChI=1S/C21H22N6O3/c1-11(2)17-9-15(16-10-22-27(12(3)4)19(16)24-17)20(28)23-14-7-5-6-13(8-14)18-25-21(29)30-26-18/h5-12H,1-4H3,(H,23,28)(H,25,26,29). The van der Waals surface area contributed by atoms with Gasteiger partial charge < -0.3 is 5.32 Å². The molecular weight excluding hydrogens is 384 g/mol. The third-order valence-corrected chi connectivity index (χ3v) is 4.75. The molecule has 4 aromatic rings. The Hall–Kier alpha value is -3.75. The van der Waals surface area contributed by atoms with E-state index in [0.717, 1.165) is 5.69 Å². The number of amides is 1. The number of pyridine rings is 1. The largest absolute Gasteiger partial charge is 0.439 e. The molecule has 0 radical (unpaired) electrons. The Bertz CT molecular complexity index is 1280. The van der Waals surface area contributed by atoms with E-state index >= 15 is 0 Å². The molecule has 0 saturated heterocycles. The van der Waals surface area contributed by atoms with Gasteiger partial charge in [0.25, 0.3) is 5.91 Å². The minimum Gasteiger partial charge on any atom is -0.322 e. The number of nitrogens with one attached hydrogen (secondary N) is 2. The molecule has 30 heavy (non-hydrogen) atoms. The zero-order valence-electron chi connectivity index (χ0n) is 17.1. The fraction of sp³-hybridized carbons (Fsp3) is 0.286. The van der Waals surface area contributed by atoms with Gasteiger partial charge in [0.1, 0.15) is 0 Å². The molecule has 0 fully saturated rings. The minimum absolute atomic E-state index is 0.120. The molecule has 0 bridgehead atoms. The molecule has 0 atom stereocenters. The topological polar surface area (TPSA) is 119 Å². The fourth-order valence-electron chi connectivity index (χ4n) is 3.20. The highest BCUT2D eigenvalue weighted by atomic mass is 16.5. The van der Waals surface area contributed by atoms with Gasteiger partial charge in [-0.15, -0.1) is 0 Å². The van der Waals surface area contributed by atoms with Crippen molar-refractivity contribution in [2.24, 2.45) is 0 Å². The second-order valence-corrected chi connectivity index (χ2v) is 7.65. The van der Waals surface area contributed by atoms with Crippen molar-refractivity contribution < 1.29 is 9.32 Å². The van der Waals surface area contributed by atoms with Crippen molar-refractivity contribution in [3.63, 3.8) is 0 Å². The van der Waals surface area contributed by atoms with Gasteiger partial charge >= 0.3 is 5.76 Å². The Morgan fingerprint density at radius 2 is 2.00 bits per heavy atom. The van der Waals surface area contributed by atoms with Crippen molar-refractivity contribution >= 4 is 22.6 Å². The average molecular weight is 406 g/mol. The summed E-state index contributed by atoms with van der Waals surface area (Å²) in [7, 11) is 0. The number of H-pyrrole nitrogens is 1. The molecule has 1 amide bonds. The van der Waals surface area contributed by atoms with Crippen LogP contribution in [0.4, 0.5) is 5.69 Å². The van der Waals surface area contributed by atoms with Crippen LogP contribution in [0, 0.1) is 0 Å². The molecule has 0 spiro atoms. The number of hydrogen-bond donors (Lipinski definition) is 2. The molecule has 9 heteroatoms. The van der Waals surface area contributed by atoms with Crippen LogP contribution >= 0.6 is 0 Å². The summed E-state index contributed by atoms with van der Waals surface area (Å²) in [6.07, 6.45) is 1.68. The Morgan fingerprint density at radius 1 is 1.20 bits per heavy atom. The highest BCUT2D eigenvalue weighted by Crippen LogP contribution is 2.26. The van der Waals surface area contributed by atoms with E-state index in [9.17, 15) is 9.59 Å². The molecule has 0 saturated carbocycles. The lowest BCUT2D eigenvalue weighted by Gasteiger charge is -2.12. The quantitative estimate of drug-likeness (QED) is 0.521. The maximum atomic E-state index is 13.2. The summed E-state index contributed by atoms with van der Waals surface area (Å²) < 4.78 is 6.37. The smallest absolute Gasteiger partial charge is 0.322 e. The summed E-state index contributed by atoms with van der Waals surface area (Å²) in [6, 6.07) is 8.93. The van der Waals surface area contributed by atoms with Crippen LogP contribution in [0.5, 0.6) is 0 Å². The molecule has 0 aliphatic carbocycles. The number of aromatic nitrogens is 5. The SMILES string of the molecule is CC(C)c1cc(C(=O)Nc2cccc(-c3noc(=O)[nH]3)c2)c2cnn(C(C)C)c2n1. The third-order valence-electron chi connectivity index (χ3n) is 4.75. The molecule has 3 heterocycles. The Balaban J connectivity index is 1.72. The van der Waals surface area contributed by atoms with Crippen molar-refractivity contribution in [3.05, 3.63) is 58.3 Å². The fourth-order valence-corrected chi connectivity index (χ4v) is 3.20. The van der Waals surface area contributed by atoms with E-state index in [-0.39, 0.29) is 17.9 Å². The first kappa shape index (κ1) is 19.6. The van der Waals surface area contributed by atoms with Gasteiger partial charge in [0, 0.05) is 23.0 Å². The molecule has 0 aliphatic rings. The highest BCUT2D eigenvalue weighted by Gasteiger charge is 2.19. The van der Waals surface area contributed by atoms with Gasteiger partial charge in [-0.1, -0.05) is 31.1 Å². The molecule has 0 unspecified atom stereocenters. The van der Waals surface area contributed by atoms with Crippen LogP contribution in [0.25, 0.3) is 22.4 Å². The van der Waals surface area contributed by atoms with E-state index in [2.05, 4.69) is 25.1 Å². The predicted octanol–water partition coefficient (Wildman–Crippen LogP) is 3.73. The molecule has 4 rings (SSSR count). The average Bonchev–Trinajstić information content (AvgIpc) is 3.33. The maximum Gasteiger partial charge on any atom is 0.439 e. The Kier molecular flexibility index (Phi) is 4.94. The number of carbonyl (C=O) groups excluding carboxylic acids is 1. The zero-order valence-corrected chi connectivity index (χ0v) is 17.1. The van der Waals surface area contributed by atoms with E-state index in [1.807, 2.05) is 38.4 Å². The van der Waals surface area contributed by atoms with E-state index < -0.39 is 5.76 Å². The Labute approximate surface area is 172 Å². The van der Waals surface area contributed by atoms with Crippen molar-refractivity contribution in [3.8, 4) is 11.4 Å². The number of rotatable bonds is 5. The van der Waals surface area contributed by atoms with Crippen LogP contribution in [-0.2, 0) is 0 Å². The van der Waals surface area contributed by atoms with Crippen LogP contribution < -0.4 is 11.1 Å². The number of aromatic amines is 1. The number of hydrogen-bond acceptors (Lipinski definition) is 6. The number of nitrogens with zero attached hydrogens (tertiary/aromatic N) is 4. The summed E-state index contributed by atoms with van der Waals surface area (Å²) in [5.74, 6) is -0.452. The molecule has 154 valence electrons. The number of anilines is 1. The summed E-state index contributed by atoms with van der Waals surface area (Å²) >= 11 is 0. The second kappa shape index (κ2) is 7.58. The summed E-state index contributed by atoms with van der Waals surface area (Å²) in [6.45, 7) is 8.12. The van der Waals surface area contributed by atoms with Crippen molar-refractivity contribution in [1.82, 2.24) is 24.9 Å². The van der Waals surface area contributed by atoms with E-state index in [1.54, 1.807) is 30.5 Å². The van der Waals surface area contributed by atoms with Crippen LogP contribution in [0.3, 0.4) is 0 Å².